The Kier molecular flexibility index (Phi) is 6.29. The Balaban J connectivity index is 1.41. The molecule has 5 rings (SSSR count). The molecule has 34 heavy (non-hydrogen) atoms. The van der Waals surface area contributed by atoms with Gasteiger partial charge in [-0.25, -0.2) is 32.7 Å². The molecule has 0 spiro atoms. The molecule has 1 saturated heterocycles. The number of nitrogens with zero attached hydrogens (tertiary/aromatic N) is 5. The summed E-state index contributed by atoms with van der Waals surface area (Å²) in [5.74, 6) is 1.18. The van der Waals surface area contributed by atoms with E-state index in [1.165, 1.54) is 16.9 Å². The first-order valence-corrected chi connectivity index (χ1v) is 13.8. The van der Waals surface area contributed by atoms with E-state index in [4.69, 9.17) is 9.72 Å². The van der Waals surface area contributed by atoms with Crippen LogP contribution in [0.4, 0.5) is 5.82 Å². The van der Waals surface area contributed by atoms with Crippen LogP contribution in [0.5, 0.6) is 5.88 Å². The molecule has 12 heteroatoms. The maximum Gasteiger partial charge on any atom is 0.221 e. The average molecular weight is 593 g/mol. The van der Waals surface area contributed by atoms with Crippen molar-refractivity contribution in [2.45, 2.75) is 31.9 Å². The van der Waals surface area contributed by atoms with Crippen LogP contribution < -0.4 is 10.1 Å². The van der Waals surface area contributed by atoms with Crippen molar-refractivity contribution >= 4 is 60.4 Å². The number of fused-ring (bicyclic) bond motifs is 2. The molecule has 0 saturated carbocycles. The second-order valence-electron chi connectivity index (χ2n) is 8.37. The minimum absolute atomic E-state index is 0.0972. The molecule has 0 unspecified atom stereocenters. The lowest BCUT2D eigenvalue weighted by Gasteiger charge is -2.30. The van der Waals surface area contributed by atoms with Gasteiger partial charge >= 0.3 is 0 Å². The predicted octanol–water partition coefficient (Wildman–Crippen LogP) is 3.48. The van der Waals surface area contributed by atoms with Gasteiger partial charge in [-0.2, -0.15) is 0 Å². The third-order valence-electron chi connectivity index (χ3n) is 5.92. The Labute approximate surface area is 210 Å². The van der Waals surface area contributed by atoms with E-state index in [-0.39, 0.29) is 12.1 Å². The van der Waals surface area contributed by atoms with Gasteiger partial charge in [-0.3, -0.25) is 0 Å². The number of imidazole rings is 1. The molecule has 4 aromatic rings. The number of hydrogen-bond donors (Lipinski definition) is 2. The number of H-pyrrole nitrogens is 1. The van der Waals surface area contributed by atoms with E-state index in [0.717, 1.165) is 20.3 Å². The van der Waals surface area contributed by atoms with Gasteiger partial charge in [0.1, 0.15) is 12.4 Å². The SMILES string of the molecule is C[C@H](Nc1ncnc2[nH]c(I)nc12)c1cc2ccccc2c(OC2CCN(S(C)(=O)=O)CC2)n1. The molecule has 178 valence electrons. The summed E-state index contributed by atoms with van der Waals surface area (Å²) in [7, 11) is -3.18. The lowest BCUT2D eigenvalue weighted by Crippen LogP contribution is -2.41. The molecule has 1 atom stereocenters. The van der Waals surface area contributed by atoms with Crippen LogP contribution in [0.1, 0.15) is 31.5 Å². The van der Waals surface area contributed by atoms with Crippen molar-refractivity contribution in [3.8, 4) is 5.88 Å². The third kappa shape index (κ3) is 4.79. The number of aromatic nitrogens is 5. The molecule has 1 fully saturated rings. The number of rotatable bonds is 6. The maximum atomic E-state index is 11.8. The summed E-state index contributed by atoms with van der Waals surface area (Å²) in [6.07, 6.45) is 3.89. The number of ether oxygens (including phenoxy) is 1. The zero-order valence-electron chi connectivity index (χ0n) is 18.7. The van der Waals surface area contributed by atoms with E-state index in [2.05, 4.69) is 47.8 Å². The van der Waals surface area contributed by atoms with Crippen molar-refractivity contribution < 1.29 is 13.2 Å². The van der Waals surface area contributed by atoms with E-state index in [1.807, 2.05) is 37.3 Å². The lowest BCUT2D eigenvalue weighted by atomic mass is 10.1. The van der Waals surface area contributed by atoms with Crippen LogP contribution in [0.2, 0.25) is 0 Å². The second-order valence-corrected chi connectivity index (χ2v) is 11.4. The number of nitrogens with one attached hydrogen (secondary N) is 2. The average Bonchev–Trinajstić information content (AvgIpc) is 3.20. The van der Waals surface area contributed by atoms with Crippen molar-refractivity contribution in [3.05, 3.63) is 46.2 Å². The summed E-state index contributed by atoms with van der Waals surface area (Å²) in [4.78, 5) is 21.0. The van der Waals surface area contributed by atoms with Crippen molar-refractivity contribution in [3.63, 3.8) is 0 Å². The first-order chi connectivity index (χ1) is 16.3. The lowest BCUT2D eigenvalue weighted by molar-refractivity contribution is 0.132. The molecular formula is C22H24IN7O3S. The molecule has 2 N–H and O–H groups in total. The maximum absolute atomic E-state index is 11.8. The van der Waals surface area contributed by atoms with Crippen molar-refractivity contribution in [2.24, 2.45) is 0 Å². The van der Waals surface area contributed by atoms with Crippen LogP contribution in [0.3, 0.4) is 0 Å². The normalized spacial score (nSPS) is 16.7. The number of hydrogen-bond acceptors (Lipinski definition) is 8. The molecule has 4 heterocycles. The van der Waals surface area contributed by atoms with Crippen molar-refractivity contribution in [1.82, 2.24) is 29.2 Å². The Morgan fingerprint density at radius 1 is 1.21 bits per heavy atom. The molecule has 0 amide bonds. The van der Waals surface area contributed by atoms with E-state index in [1.54, 1.807) is 0 Å². The van der Waals surface area contributed by atoms with Crippen molar-refractivity contribution in [1.29, 1.82) is 0 Å². The van der Waals surface area contributed by atoms with E-state index in [0.29, 0.717) is 48.8 Å². The van der Waals surface area contributed by atoms with E-state index in [9.17, 15) is 8.42 Å². The summed E-state index contributed by atoms with van der Waals surface area (Å²) >= 11 is 2.11. The second kappa shape index (κ2) is 9.23. The van der Waals surface area contributed by atoms with Crippen LogP contribution in [-0.2, 0) is 10.0 Å². The van der Waals surface area contributed by atoms with E-state index >= 15 is 0 Å². The summed E-state index contributed by atoms with van der Waals surface area (Å²) in [5, 5.41) is 5.35. The van der Waals surface area contributed by atoms with E-state index < -0.39 is 10.0 Å². The molecule has 0 radical (unpaired) electrons. The van der Waals surface area contributed by atoms with Gasteiger partial charge in [0.25, 0.3) is 0 Å². The van der Waals surface area contributed by atoms with Crippen molar-refractivity contribution in [2.75, 3.05) is 24.7 Å². The minimum atomic E-state index is -3.18. The number of halogens is 1. The fourth-order valence-corrected chi connectivity index (χ4v) is 5.49. The molecule has 10 nitrogen and oxygen atoms in total. The molecule has 1 aliphatic heterocycles. The quantitative estimate of drug-likeness (QED) is 0.257. The fraction of sp³-hybridized carbons (Fsp3) is 0.364. The fourth-order valence-electron chi connectivity index (χ4n) is 4.12. The van der Waals surface area contributed by atoms with Gasteiger partial charge in [0.15, 0.2) is 20.8 Å². The van der Waals surface area contributed by atoms with Gasteiger partial charge in [-0.1, -0.05) is 18.2 Å². The van der Waals surface area contributed by atoms with Crippen LogP contribution in [0.15, 0.2) is 36.7 Å². The van der Waals surface area contributed by atoms with Gasteiger partial charge in [0.2, 0.25) is 15.9 Å². The standard InChI is InChI=1S/C22H24IN7O3S/c1-13(26-19-18-20(25-12-24-19)29-22(23)28-18)17-11-14-5-3-4-6-16(14)21(27-17)33-15-7-9-30(10-8-15)34(2,31)32/h3-6,11-13,15H,7-10H2,1-2H3,(H2,24,25,26,28,29)/t13-/m0/s1. The monoisotopic (exact) mass is 593 g/mol. The highest BCUT2D eigenvalue weighted by Crippen LogP contribution is 2.31. The zero-order chi connectivity index (χ0) is 23.9. The van der Waals surface area contributed by atoms with Crippen LogP contribution >= 0.6 is 22.6 Å². The zero-order valence-corrected chi connectivity index (χ0v) is 21.7. The largest absolute Gasteiger partial charge is 0.474 e. The Bertz CT molecular complexity index is 1450. The van der Waals surface area contributed by atoms with Gasteiger partial charge in [0.05, 0.1) is 18.0 Å². The molecule has 0 bridgehead atoms. The highest BCUT2D eigenvalue weighted by Gasteiger charge is 2.27. The highest BCUT2D eigenvalue weighted by molar-refractivity contribution is 14.1. The molecule has 1 aromatic carbocycles. The van der Waals surface area contributed by atoms with Crippen LogP contribution in [-0.4, -0.2) is 63.1 Å². The Morgan fingerprint density at radius 2 is 1.97 bits per heavy atom. The Hall–Kier alpha value is -2.58. The topological polar surface area (TPSA) is 126 Å². The summed E-state index contributed by atoms with van der Waals surface area (Å²) in [5.41, 5.74) is 2.15. The number of aromatic amines is 1. The van der Waals surface area contributed by atoms with Gasteiger partial charge in [-0.05, 0) is 59.9 Å². The first-order valence-electron chi connectivity index (χ1n) is 10.9. The number of anilines is 1. The number of pyridine rings is 1. The number of sulfonamides is 1. The molecule has 0 aliphatic carbocycles. The third-order valence-corrected chi connectivity index (χ3v) is 7.74. The molecule has 1 aliphatic rings. The van der Waals surface area contributed by atoms with Crippen LogP contribution in [0, 0.1) is 3.83 Å². The van der Waals surface area contributed by atoms with Gasteiger partial charge in [-0.15, -0.1) is 0 Å². The van der Waals surface area contributed by atoms with Crippen LogP contribution in [0.25, 0.3) is 21.9 Å². The summed E-state index contributed by atoms with van der Waals surface area (Å²) < 4.78 is 32.2. The molecular weight excluding hydrogens is 569 g/mol. The summed E-state index contributed by atoms with van der Waals surface area (Å²) in [6, 6.07) is 9.83. The minimum Gasteiger partial charge on any atom is -0.474 e. The highest BCUT2D eigenvalue weighted by atomic mass is 127. The predicted molar refractivity (Wildman–Crippen MR) is 138 cm³/mol. The van der Waals surface area contributed by atoms with Gasteiger partial charge in [0, 0.05) is 18.5 Å². The van der Waals surface area contributed by atoms with Gasteiger partial charge < -0.3 is 15.0 Å². The first kappa shape index (κ1) is 23.2. The number of benzene rings is 1. The number of piperidine rings is 1. The Morgan fingerprint density at radius 3 is 2.74 bits per heavy atom. The summed E-state index contributed by atoms with van der Waals surface area (Å²) in [6.45, 7) is 2.91. The molecule has 3 aromatic heterocycles. The smallest absolute Gasteiger partial charge is 0.221 e.